The molecular formula is C20H19ClN4O2. The quantitative estimate of drug-likeness (QED) is 0.556. The van der Waals surface area contributed by atoms with Crippen LogP contribution in [0.5, 0.6) is 0 Å². The van der Waals surface area contributed by atoms with E-state index in [1.165, 1.54) is 0 Å². The molecule has 138 valence electrons. The highest BCUT2D eigenvalue weighted by atomic mass is 35.5. The molecule has 6 nitrogen and oxygen atoms in total. The molecular weight excluding hydrogens is 364 g/mol. The maximum Gasteiger partial charge on any atom is 0.337 e. The summed E-state index contributed by atoms with van der Waals surface area (Å²) in [6.45, 7) is 2.51. The number of benzene rings is 2. The SMILES string of the molecule is Cc1cc(Nc2ccccc2C(=O)O)nc(NCCc2cccc(Cl)c2)n1. The van der Waals surface area contributed by atoms with Crippen molar-refractivity contribution >= 4 is 35.0 Å². The first kappa shape index (κ1) is 18.7. The highest BCUT2D eigenvalue weighted by Gasteiger charge is 2.10. The van der Waals surface area contributed by atoms with Crippen molar-refractivity contribution in [3.8, 4) is 0 Å². The number of halogens is 1. The van der Waals surface area contributed by atoms with Crippen LogP contribution in [0, 0.1) is 6.92 Å². The van der Waals surface area contributed by atoms with Crippen molar-refractivity contribution in [1.29, 1.82) is 0 Å². The van der Waals surface area contributed by atoms with Gasteiger partial charge in [-0.3, -0.25) is 0 Å². The van der Waals surface area contributed by atoms with Gasteiger partial charge in [0.25, 0.3) is 0 Å². The maximum atomic E-state index is 11.4. The molecule has 0 fully saturated rings. The van der Waals surface area contributed by atoms with Gasteiger partial charge in [-0.15, -0.1) is 0 Å². The first-order chi connectivity index (χ1) is 13.0. The Morgan fingerprint density at radius 3 is 2.70 bits per heavy atom. The zero-order valence-corrected chi connectivity index (χ0v) is 15.5. The number of para-hydroxylation sites is 1. The molecule has 3 rings (SSSR count). The fourth-order valence-electron chi connectivity index (χ4n) is 2.64. The molecule has 0 atom stereocenters. The lowest BCUT2D eigenvalue weighted by Crippen LogP contribution is -2.10. The third kappa shape index (κ3) is 5.18. The summed E-state index contributed by atoms with van der Waals surface area (Å²) >= 11 is 6.00. The van der Waals surface area contributed by atoms with E-state index >= 15 is 0 Å². The molecule has 0 radical (unpaired) electrons. The minimum atomic E-state index is -0.997. The summed E-state index contributed by atoms with van der Waals surface area (Å²) in [5, 5.41) is 16.3. The Bertz CT molecular complexity index is 962. The first-order valence-corrected chi connectivity index (χ1v) is 8.82. The molecule has 0 bridgehead atoms. The van der Waals surface area contributed by atoms with E-state index in [1.54, 1.807) is 30.3 Å². The summed E-state index contributed by atoms with van der Waals surface area (Å²) in [7, 11) is 0. The van der Waals surface area contributed by atoms with Crippen LogP contribution in [0.4, 0.5) is 17.5 Å². The van der Waals surface area contributed by atoms with E-state index in [0.717, 1.165) is 17.7 Å². The maximum absolute atomic E-state index is 11.4. The molecule has 0 spiro atoms. The second-order valence-corrected chi connectivity index (χ2v) is 6.44. The van der Waals surface area contributed by atoms with Crippen molar-refractivity contribution in [2.24, 2.45) is 0 Å². The molecule has 0 aliphatic carbocycles. The Morgan fingerprint density at radius 2 is 1.93 bits per heavy atom. The Labute approximate surface area is 162 Å². The van der Waals surface area contributed by atoms with E-state index in [4.69, 9.17) is 11.6 Å². The van der Waals surface area contributed by atoms with Crippen molar-refractivity contribution in [3.63, 3.8) is 0 Å². The number of hydrogen-bond acceptors (Lipinski definition) is 5. The molecule has 27 heavy (non-hydrogen) atoms. The molecule has 0 unspecified atom stereocenters. The number of carboxylic acids is 1. The van der Waals surface area contributed by atoms with Gasteiger partial charge in [0.2, 0.25) is 5.95 Å². The summed E-state index contributed by atoms with van der Waals surface area (Å²) < 4.78 is 0. The molecule has 0 aliphatic rings. The van der Waals surface area contributed by atoms with Crippen LogP contribution in [0.1, 0.15) is 21.6 Å². The van der Waals surface area contributed by atoms with E-state index in [9.17, 15) is 9.90 Å². The standard InChI is InChI=1S/C20H19ClN4O2/c1-13-11-18(24-17-8-3-2-7-16(17)19(26)27)25-20(23-13)22-10-9-14-5-4-6-15(21)12-14/h2-8,11-12H,9-10H2,1H3,(H,26,27)(H2,22,23,24,25). The van der Waals surface area contributed by atoms with Crippen LogP contribution in [-0.2, 0) is 6.42 Å². The number of carboxylic acid groups (broad SMARTS) is 1. The van der Waals surface area contributed by atoms with Crippen LogP contribution in [0.2, 0.25) is 5.02 Å². The van der Waals surface area contributed by atoms with Crippen LogP contribution in [0.15, 0.2) is 54.6 Å². The zero-order valence-electron chi connectivity index (χ0n) is 14.7. The second kappa shape index (κ2) is 8.51. The molecule has 3 N–H and O–H groups in total. The molecule has 1 heterocycles. The molecule has 0 amide bonds. The smallest absolute Gasteiger partial charge is 0.337 e. The lowest BCUT2D eigenvalue weighted by molar-refractivity contribution is 0.0698. The summed E-state index contributed by atoms with van der Waals surface area (Å²) in [5.41, 5.74) is 2.55. The largest absolute Gasteiger partial charge is 0.478 e. The number of aromatic nitrogens is 2. The Hall–Kier alpha value is -3.12. The van der Waals surface area contributed by atoms with Crippen LogP contribution >= 0.6 is 11.6 Å². The third-order valence-electron chi connectivity index (χ3n) is 3.86. The lowest BCUT2D eigenvalue weighted by atomic mass is 10.1. The number of hydrogen-bond donors (Lipinski definition) is 3. The van der Waals surface area contributed by atoms with Crippen molar-refractivity contribution < 1.29 is 9.90 Å². The normalized spacial score (nSPS) is 10.4. The topological polar surface area (TPSA) is 87.1 Å². The van der Waals surface area contributed by atoms with Crippen LogP contribution < -0.4 is 10.6 Å². The first-order valence-electron chi connectivity index (χ1n) is 8.44. The number of anilines is 3. The molecule has 7 heteroatoms. The molecule has 0 saturated heterocycles. The van der Waals surface area contributed by atoms with Gasteiger partial charge in [-0.05, 0) is 43.2 Å². The van der Waals surface area contributed by atoms with Crippen molar-refractivity contribution in [2.75, 3.05) is 17.2 Å². The number of rotatable bonds is 7. The number of nitrogens with one attached hydrogen (secondary N) is 2. The highest BCUT2D eigenvalue weighted by molar-refractivity contribution is 6.30. The predicted molar refractivity (Wildman–Crippen MR) is 107 cm³/mol. The minimum Gasteiger partial charge on any atom is -0.478 e. The van der Waals surface area contributed by atoms with Gasteiger partial charge in [-0.2, -0.15) is 4.98 Å². The molecule has 2 aromatic carbocycles. The summed E-state index contributed by atoms with van der Waals surface area (Å²) in [5.74, 6) is 0.0116. The van der Waals surface area contributed by atoms with Crippen molar-refractivity contribution in [1.82, 2.24) is 9.97 Å². The van der Waals surface area contributed by atoms with E-state index in [0.29, 0.717) is 29.0 Å². The van der Waals surface area contributed by atoms with Crippen LogP contribution in [0.25, 0.3) is 0 Å². The van der Waals surface area contributed by atoms with E-state index < -0.39 is 5.97 Å². The molecule has 3 aromatic rings. The fraction of sp³-hybridized carbons (Fsp3) is 0.150. The van der Waals surface area contributed by atoms with Crippen molar-refractivity contribution in [3.05, 3.63) is 76.4 Å². The van der Waals surface area contributed by atoms with Crippen LogP contribution in [0.3, 0.4) is 0 Å². The number of aromatic carboxylic acids is 1. The number of aryl methyl sites for hydroxylation is 1. The Morgan fingerprint density at radius 1 is 1.11 bits per heavy atom. The van der Waals surface area contributed by atoms with Gasteiger partial charge in [0, 0.05) is 23.3 Å². The average molecular weight is 383 g/mol. The van der Waals surface area contributed by atoms with Gasteiger partial charge in [0.05, 0.1) is 11.3 Å². The summed E-state index contributed by atoms with van der Waals surface area (Å²) in [6, 6.07) is 16.2. The predicted octanol–water partition coefficient (Wildman–Crippen LogP) is 4.53. The average Bonchev–Trinajstić information content (AvgIpc) is 2.61. The van der Waals surface area contributed by atoms with Crippen LogP contribution in [-0.4, -0.2) is 27.6 Å². The molecule has 0 saturated carbocycles. The van der Waals surface area contributed by atoms with Gasteiger partial charge in [-0.25, -0.2) is 9.78 Å². The second-order valence-electron chi connectivity index (χ2n) is 6.00. The van der Waals surface area contributed by atoms with E-state index in [2.05, 4.69) is 20.6 Å². The zero-order chi connectivity index (χ0) is 19.2. The third-order valence-corrected chi connectivity index (χ3v) is 4.10. The number of nitrogens with zero attached hydrogens (tertiary/aromatic N) is 2. The summed E-state index contributed by atoms with van der Waals surface area (Å²) in [4.78, 5) is 20.2. The minimum absolute atomic E-state index is 0.184. The van der Waals surface area contributed by atoms with Gasteiger partial charge in [-0.1, -0.05) is 35.9 Å². The van der Waals surface area contributed by atoms with Gasteiger partial charge in [0.1, 0.15) is 5.82 Å². The van der Waals surface area contributed by atoms with Crippen molar-refractivity contribution in [2.45, 2.75) is 13.3 Å². The number of carbonyl (C=O) groups is 1. The Balaban J connectivity index is 1.70. The van der Waals surface area contributed by atoms with Gasteiger partial charge >= 0.3 is 5.97 Å². The van der Waals surface area contributed by atoms with E-state index in [-0.39, 0.29) is 5.56 Å². The van der Waals surface area contributed by atoms with Gasteiger partial charge in [0.15, 0.2) is 0 Å². The van der Waals surface area contributed by atoms with Gasteiger partial charge < -0.3 is 15.7 Å². The molecule has 1 aromatic heterocycles. The Kier molecular flexibility index (Phi) is 5.88. The fourth-order valence-corrected chi connectivity index (χ4v) is 2.85. The monoisotopic (exact) mass is 382 g/mol. The van der Waals surface area contributed by atoms with E-state index in [1.807, 2.05) is 31.2 Å². The highest BCUT2D eigenvalue weighted by Crippen LogP contribution is 2.21. The molecule has 0 aliphatic heterocycles. The lowest BCUT2D eigenvalue weighted by Gasteiger charge is -2.11. The summed E-state index contributed by atoms with van der Waals surface area (Å²) in [6.07, 6.45) is 0.780.